The molecular formula is C12H10ClNO2S. The number of thiazole rings is 1. The average molecular weight is 268 g/mol. The number of nitrogens with zero attached hydrogens (tertiary/aromatic N) is 1. The van der Waals surface area contributed by atoms with Crippen LogP contribution in [0.1, 0.15) is 5.56 Å². The molecule has 3 nitrogen and oxygen atoms in total. The number of hydrogen-bond acceptors (Lipinski definition) is 4. The third-order valence-electron chi connectivity index (χ3n) is 2.60. The van der Waals surface area contributed by atoms with Gasteiger partial charge in [0.25, 0.3) is 0 Å². The van der Waals surface area contributed by atoms with Crippen LogP contribution >= 0.6 is 22.9 Å². The summed E-state index contributed by atoms with van der Waals surface area (Å²) in [5, 5.41) is 3.26. The molecule has 0 fully saturated rings. The Hall–Kier alpha value is -1.26. The van der Waals surface area contributed by atoms with Gasteiger partial charge in [-0.25, -0.2) is 4.98 Å². The second kappa shape index (κ2) is 4.20. The van der Waals surface area contributed by atoms with E-state index in [9.17, 15) is 0 Å². The van der Waals surface area contributed by atoms with Gasteiger partial charge in [-0.05, 0) is 24.6 Å². The minimum Gasteiger partial charge on any atom is -0.486 e. The molecule has 2 aromatic rings. The maximum absolute atomic E-state index is 5.85. The summed E-state index contributed by atoms with van der Waals surface area (Å²) in [5.41, 5.74) is 2.16. The summed E-state index contributed by atoms with van der Waals surface area (Å²) in [5.74, 6) is 1.59. The van der Waals surface area contributed by atoms with Gasteiger partial charge in [0.05, 0.1) is 0 Å². The van der Waals surface area contributed by atoms with Gasteiger partial charge in [0.2, 0.25) is 0 Å². The Morgan fingerprint density at radius 1 is 1.24 bits per heavy atom. The van der Waals surface area contributed by atoms with Crippen molar-refractivity contribution in [1.29, 1.82) is 0 Å². The number of aromatic nitrogens is 1. The van der Waals surface area contributed by atoms with Crippen LogP contribution in [0.15, 0.2) is 17.5 Å². The van der Waals surface area contributed by atoms with Crippen LogP contribution in [0.2, 0.25) is 5.15 Å². The number of halogens is 1. The van der Waals surface area contributed by atoms with E-state index in [1.807, 2.05) is 24.4 Å². The third kappa shape index (κ3) is 1.98. The zero-order chi connectivity index (χ0) is 11.8. The molecule has 3 rings (SSSR count). The molecule has 0 radical (unpaired) electrons. The lowest BCUT2D eigenvalue weighted by Gasteiger charge is -2.19. The largest absolute Gasteiger partial charge is 0.486 e. The molecule has 0 aliphatic carbocycles. The summed E-state index contributed by atoms with van der Waals surface area (Å²) in [6, 6.07) is 3.96. The Kier molecular flexibility index (Phi) is 2.68. The van der Waals surface area contributed by atoms with Gasteiger partial charge >= 0.3 is 0 Å². The zero-order valence-electron chi connectivity index (χ0n) is 9.20. The number of hydrogen-bond donors (Lipinski definition) is 0. The van der Waals surface area contributed by atoms with Crippen molar-refractivity contribution in [3.63, 3.8) is 0 Å². The molecule has 0 amide bonds. The van der Waals surface area contributed by atoms with Gasteiger partial charge in [0, 0.05) is 10.9 Å². The van der Waals surface area contributed by atoms with Crippen LogP contribution in [0, 0.1) is 6.92 Å². The van der Waals surface area contributed by atoms with Gasteiger partial charge in [0.1, 0.15) is 23.4 Å². The van der Waals surface area contributed by atoms with E-state index in [1.165, 1.54) is 11.3 Å². The van der Waals surface area contributed by atoms with Crippen LogP contribution in [-0.4, -0.2) is 18.2 Å². The van der Waals surface area contributed by atoms with Crippen molar-refractivity contribution in [2.45, 2.75) is 6.92 Å². The molecule has 0 bridgehead atoms. The van der Waals surface area contributed by atoms with E-state index in [1.54, 1.807) is 0 Å². The summed E-state index contributed by atoms with van der Waals surface area (Å²) in [4.78, 5) is 4.28. The molecule has 17 heavy (non-hydrogen) atoms. The zero-order valence-corrected chi connectivity index (χ0v) is 10.8. The van der Waals surface area contributed by atoms with E-state index in [-0.39, 0.29) is 0 Å². The van der Waals surface area contributed by atoms with E-state index >= 15 is 0 Å². The fourth-order valence-electron chi connectivity index (χ4n) is 1.80. The molecule has 1 aliphatic heterocycles. The van der Waals surface area contributed by atoms with Gasteiger partial charge in [-0.2, -0.15) is 0 Å². The molecule has 0 N–H and O–H groups in total. The van der Waals surface area contributed by atoms with Crippen molar-refractivity contribution in [3.8, 4) is 22.1 Å². The summed E-state index contributed by atoms with van der Waals surface area (Å²) < 4.78 is 11.1. The van der Waals surface area contributed by atoms with Gasteiger partial charge < -0.3 is 9.47 Å². The van der Waals surface area contributed by atoms with Crippen molar-refractivity contribution in [2.24, 2.45) is 0 Å². The molecule has 1 aliphatic rings. The van der Waals surface area contributed by atoms with Crippen LogP contribution < -0.4 is 9.47 Å². The maximum Gasteiger partial charge on any atom is 0.162 e. The lowest BCUT2D eigenvalue weighted by molar-refractivity contribution is 0.171. The number of fused-ring (bicyclic) bond motifs is 1. The SMILES string of the molecule is Cc1cc2c(cc1-c1nc(Cl)cs1)OCCO2. The molecule has 5 heteroatoms. The first-order valence-electron chi connectivity index (χ1n) is 5.25. The summed E-state index contributed by atoms with van der Waals surface area (Å²) in [7, 11) is 0. The van der Waals surface area contributed by atoms with Crippen LogP contribution in [0.3, 0.4) is 0 Å². The maximum atomic E-state index is 5.85. The van der Waals surface area contributed by atoms with Crippen LogP contribution in [0.5, 0.6) is 11.5 Å². The number of benzene rings is 1. The predicted molar refractivity (Wildman–Crippen MR) is 68.3 cm³/mol. The molecule has 2 heterocycles. The highest BCUT2D eigenvalue weighted by Crippen LogP contribution is 2.38. The van der Waals surface area contributed by atoms with E-state index in [4.69, 9.17) is 21.1 Å². The monoisotopic (exact) mass is 267 g/mol. The first-order valence-corrected chi connectivity index (χ1v) is 6.51. The second-order valence-electron chi connectivity index (χ2n) is 3.79. The van der Waals surface area contributed by atoms with E-state index in [2.05, 4.69) is 4.98 Å². The minimum atomic E-state index is 0.527. The molecule has 0 unspecified atom stereocenters. The second-order valence-corrected chi connectivity index (χ2v) is 5.03. The van der Waals surface area contributed by atoms with Crippen molar-refractivity contribution >= 4 is 22.9 Å². The Bertz CT molecular complexity index is 568. The molecule has 1 aromatic heterocycles. The molecule has 0 atom stereocenters. The summed E-state index contributed by atoms with van der Waals surface area (Å²) in [6.45, 7) is 3.23. The lowest BCUT2D eigenvalue weighted by Crippen LogP contribution is -2.15. The number of aryl methyl sites for hydroxylation is 1. The average Bonchev–Trinajstić information content (AvgIpc) is 2.75. The van der Waals surface area contributed by atoms with Crippen molar-refractivity contribution in [1.82, 2.24) is 4.98 Å². The quantitative estimate of drug-likeness (QED) is 0.792. The standard InChI is InChI=1S/C12H10ClNO2S/c1-7-4-9-10(16-3-2-15-9)5-8(7)12-14-11(13)6-17-12/h4-6H,2-3H2,1H3. The summed E-state index contributed by atoms with van der Waals surface area (Å²) in [6.07, 6.45) is 0. The molecular weight excluding hydrogens is 258 g/mol. The highest BCUT2D eigenvalue weighted by molar-refractivity contribution is 7.13. The molecule has 0 saturated heterocycles. The molecule has 0 saturated carbocycles. The van der Waals surface area contributed by atoms with Crippen LogP contribution in [0.4, 0.5) is 0 Å². The smallest absolute Gasteiger partial charge is 0.162 e. The molecule has 0 spiro atoms. The van der Waals surface area contributed by atoms with Crippen LogP contribution in [0.25, 0.3) is 10.6 Å². The van der Waals surface area contributed by atoms with Crippen molar-refractivity contribution in [3.05, 3.63) is 28.2 Å². The van der Waals surface area contributed by atoms with E-state index in [0.717, 1.165) is 27.6 Å². The van der Waals surface area contributed by atoms with Gasteiger partial charge in [-0.15, -0.1) is 11.3 Å². The number of rotatable bonds is 1. The molecule has 1 aromatic carbocycles. The lowest BCUT2D eigenvalue weighted by atomic mass is 10.1. The summed E-state index contributed by atoms with van der Waals surface area (Å²) >= 11 is 7.38. The predicted octanol–water partition coefficient (Wildman–Crippen LogP) is 3.54. The first-order chi connectivity index (χ1) is 8.24. The van der Waals surface area contributed by atoms with E-state index in [0.29, 0.717) is 18.4 Å². The van der Waals surface area contributed by atoms with Gasteiger partial charge in [-0.3, -0.25) is 0 Å². The Morgan fingerprint density at radius 3 is 2.59 bits per heavy atom. The minimum absolute atomic E-state index is 0.527. The highest BCUT2D eigenvalue weighted by Gasteiger charge is 2.16. The third-order valence-corrected chi connectivity index (χ3v) is 3.79. The van der Waals surface area contributed by atoms with Crippen molar-refractivity contribution < 1.29 is 9.47 Å². The first kappa shape index (κ1) is 10.9. The Morgan fingerprint density at radius 2 is 1.94 bits per heavy atom. The van der Waals surface area contributed by atoms with Gasteiger partial charge in [-0.1, -0.05) is 11.6 Å². The Balaban J connectivity index is 2.11. The normalized spacial score (nSPS) is 13.8. The van der Waals surface area contributed by atoms with Gasteiger partial charge in [0.15, 0.2) is 11.5 Å². The number of ether oxygens (including phenoxy) is 2. The Labute approximate surface area is 108 Å². The topological polar surface area (TPSA) is 31.4 Å². The highest BCUT2D eigenvalue weighted by atomic mass is 35.5. The van der Waals surface area contributed by atoms with E-state index < -0.39 is 0 Å². The van der Waals surface area contributed by atoms with Crippen molar-refractivity contribution in [2.75, 3.05) is 13.2 Å². The molecule has 88 valence electrons. The fraction of sp³-hybridized carbons (Fsp3) is 0.250. The fourth-order valence-corrected chi connectivity index (χ4v) is 2.83. The van der Waals surface area contributed by atoms with Crippen LogP contribution in [-0.2, 0) is 0 Å².